The van der Waals surface area contributed by atoms with Crippen LogP contribution in [-0.4, -0.2) is 10.2 Å². The first kappa shape index (κ1) is 25.6. The average molecular weight is 443 g/mol. The van der Waals surface area contributed by atoms with E-state index in [4.69, 9.17) is 0 Å². The van der Waals surface area contributed by atoms with E-state index in [1.54, 1.807) is 11.8 Å². The van der Waals surface area contributed by atoms with Crippen LogP contribution in [0.1, 0.15) is 103 Å². The van der Waals surface area contributed by atoms with Crippen molar-refractivity contribution in [2.24, 2.45) is 0 Å². The van der Waals surface area contributed by atoms with Crippen LogP contribution in [0.2, 0.25) is 0 Å². The summed E-state index contributed by atoms with van der Waals surface area (Å²) >= 11 is 1.80. The molecule has 2 N–H and O–H groups in total. The molecule has 0 saturated heterocycles. The van der Waals surface area contributed by atoms with Crippen LogP contribution in [0.3, 0.4) is 0 Å². The minimum Gasteiger partial charge on any atom is -0.508 e. The van der Waals surface area contributed by atoms with Gasteiger partial charge in [0, 0.05) is 20.9 Å². The third-order valence-corrected chi connectivity index (χ3v) is 6.99. The second kappa shape index (κ2) is 10.3. The van der Waals surface area contributed by atoms with E-state index >= 15 is 0 Å². The quantitative estimate of drug-likeness (QED) is 0.430. The lowest BCUT2D eigenvalue weighted by Gasteiger charge is -2.25. The van der Waals surface area contributed by atoms with Gasteiger partial charge in [-0.2, -0.15) is 0 Å². The molecule has 31 heavy (non-hydrogen) atoms. The van der Waals surface area contributed by atoms with Crippen molar-refractivity contribution in [3.63, 3.8) is 0 Å². The van der Waals surface area contributed by atoms with Crippen molar-refractivity contribution in [2.75, 3.05) is 0 Å². The summed E-state index contributed by atoms with van der Waals surface area (Å²) in [6, 6.07) is 8.35. The highest BCUT2D eigenvalue weighted by Gasteiger charge is 2.23. The number of benzene rings is 2. The normalized spacial score (nSPS) is 12.4. The van der Waals surface area contributed by atoms with Crippen molar-refractivity contribution in [2.45, 2.75) is 115 Å². The summed E-state index contributed by atoms with van der Waals surface area (Å²) in [6.07, 6.45) is 6.39. The number of hydrogen-bond acceptors (Lipinski definition) is 3. The van der Waals surface area contributed by atoms with Crippen LogP contribution in [0, 0.1) is 0 Å². The molecule has 0 fully saturated rings. The SMILES string of the molecule is CCCCc1cc(O)c(C(C)(C)C)cc1Sc1cc(C(C)(C)C)c(O)cc1CCCC. The first-order chi connectivity index (χ1) is 14.4. The number of phenolic OH excluding ortho intramolecular Hbond substituents is 2. The predicted molar refractivity (Wildman–Crippen MR) is 135 cm³/mol. The third kappa shape index (κ3) is 6.68. The van der Waals surface area contributed by atoms with Crippen molar-refractivity contribution in [1.82, 2.24) is 0 Å². The summed E-state index contributed by atoms with van der Waals surface area (Å²) in [4.78, 5) is 2.44. The molecule has 0 bridgehead atoms. The smallest absolute Gasteiger partial charge is 0.119 e. The lowest BCUT2D eigenvalue weighted by Crippen LogP contribution is -2.12. The number of unbranched alkanes of at least 4 members (excludes halogenated alkanes) is 2. The van der Waals surface area contributed by atoms with E-state index in [9.17, 15) is 10.2 Å². The Morgan fingerprint density at radius 1 is 0.645 bits per heavy atom. The molecule has 2 aromatic rings. The molecule has 0 aromatic heterocycles. The van der Waals surface area contributed by atoms with Gasteiger partial charge >= 0.3 is 0 Å². The van der Waals surface area contributed by atoms with Crippen LogP contribution in [0.5, 0.6) is 11.5 Å². The molecule has 2 aromatic carbocycles. The molecule has 0 aliphatic rings. The molecule has 3 heteroatoms. The van der Waals surface area contributed by atoms with Gasteiger partial charge in [-0.05, 0) is 71.9 Å². The number of phenols is 2. The van der Waals surface area contributed by atoms with Gasteiger partial charge in [0.2, 0.25) is 0 Å². The van der Waals surface area contributed by atoms with Gasteiger partial charge in [-0.15, -0.1) is 0 Å². The summed E-state index contributed by atoms with van der Waals surface area (Å²) < 4.78 is 0. The van der Waals surface area contributed by atoms with Gasteiger partial charge in [-0.25, -0.2) is 0 Å². The molecule has 0 heterocycles. The second-order valence-electron chi connectivity index (χ2n) is 10.8. The Kier molecular flexibility index (Phi) is 8.55. The summed E-state index contributed by atoms with van der Waals surface area (Å²) in [6.45, 7) is 17.3. The van der Waals surface area contributed by atoms with E-state index in [-0.39, 0.29) is 10.8 Å². The zero-order chi connectivity index (χ0) is 23.4. The maximum atomic E-state index is 10.7. The van der Waals surface area contributed by atoms with Crippen LogP contribution in [0.4, 0.5) is 0 Å². The third-order valence-electron chi connectivity index (χ3n) is 5.79. The molecule has 0 radical (unpaired) electrons. The molecular formula is C28H42O2S. The Morgan fingerprint density at radius 3 is 1.29 bits per heavy atom. The number of rotatable bonds is 8. The van der Waals surface area contributed by atoms with Gasteiger partial charge in [-0.3, -0.25) is 0 Å². The van der Waals surface area contributed by atoms with E-state index in [0.717, 1.165) is 49.7 Å². The fourth-order valence-electron chi connectivity index (χ4n) is 3.86. The molecule has 0 saturated carbocycles. The molecule has 0 unspecified atom stereocenters. The Morgan fingerprint density at radius 2 is 1.00 bits per heavy atom. The van der Waals surface area contributed by atoms with Crippen molar-refractivity contribution in [3.8, 4) is 11.5 Å². The molecule has 0 atom stereocenters. The molecule has 0 spiro atoms. The molecule has 0 aliphatic carbocycles. The van der Waals surface area contributed by atoms with Crippen LogP contribution in [0.15, 0.2) is 34.1 Å². The highest BCUT2D eigenvalue weighted by atomic mass is 32.2. The number of aromatic hydroxyl groups is 2. The van der Waals surface area contributed by atoms with Crippen molar-refractivity contribution >= 4 is 11.8 Å². The first-order valence-corrected chi connectivity index (χ1v) is 12.6. The fourth-order valence-corrected chi connectivity index (χ4v) is 5.03. The minimum atomic E-state index is -0.126. The fraction of sp³-hybridized carbons (Fsp3) is 0.571. The maximum Gasteiger partial charge on any atom is 0.119 e. The summed E-state index contributed by atoms with van der Waals surface area (Å²) in [7, 11) is 0. The van der Waals surface area contributed by atoms with Crippen molar-refractivity contribution in [1.29, 1.82) is 0 Å². The maximum absolute atomic E-state index is 10.7. The minimum absolute atomic E-state index is 0.126. The molecule has 0 amide bonds. The van der Waals surface area contributed by atoms with E-state index in [0.29, 0.717) is 11.5 Å². The zero-order valence-corrected chi connectivity index (χ0v) is 21.7. The summed E-state index contributed by atoms with van der Waals surface area (Å²) in [5.41, 5.74) is 4.15. The van der Waals surface area contributed by atoms with E-state index in [1.165, 1.54) is 20.9 Å². The van der Waals surface area contributed by atoms with Crippen LogP contribution in [-0.2, 0) is 23.7 Å². The largest absolute Gasteiger partial charge is 0.508 e. The Bertz CT molecular complexity index is 812. The Labute approximate surface area is 194 Å². The van der Waals surface area contributed by atoms with Gasteiger partial charge in [0.25, 0.3) is 0 Å². The molecule has 172 valence electrons. The predicted octanol–water partition coefficient (Wildman–Crippen LogP) is 8.53. The summed E-state index contributed by atoms with van der Waals surface area (Å²) in [5, 5.41) is 21.5. The average Bonchev–Trinajstić information content (AvgIpc) is 2.65. The van der Waals surface area contributed by atoms with E-state index < -0.39 is 0 Å². The topological polar surface area (TPSA) is 40.5 Å². The zero-order valence-electron chi connectivity index (χ0n) is 20.9. The molecule has 2 nitrogen and oxygen atoms in total. The summed E-state index contributed by atoms with van der Waals surface area (Å²) in [5.74, 6) is 0.797. The van der Waals surface area contributed by atoms with E-state index in [1.807, 2.05) is 12.1 Å². The number of hydrogen-bond donors (Lipinski definition) is 2. The lowest BCUT2D eigenvalue weighted by atomic mass is 9.85. The van der Waals surface area contributed by atoms with Crippen molar-refractivity contribution < 1.29 is 10.2 Å². The van der Waals surface area contributed by atoms with Gasteiger partial charge in [0.1, 0.15) is 11.5 Å². The second-order valence-corrected chi connectivity index (χ2v) is 11.8. The van der Waals surface area contributed by atoms with Gasteiger partial charge in [-0.1, -0.05) is 80.0 Å². The monoisotopic (exact) mass is 442 g/mol. The van der Waals surface area contributed by atoms with Crippen LogP contribution >= 0.6 is 11.8 Å². The molecular weight excluding hydrogens is 400 g/mol. The van der Waals surface area contributed by atoms with E-state index in [2.05, 4.69) is 67.5 Å². The lowest BCUT2D eigenvalue weighted by molar-refractivity contribution is 0.444. The van der Waals surface area contributed by atoms with Crippen molar-refractivity contribution in [3.05, 3.63) is 46.5 Å². The molecule has 0 aliphatic heterocycles. The highest BCUT2D eigenvalue weighted by Crippen LogP contribution is 2.43. The Hall–Kier alpha value is -1.61. The molecule has 2 rings (SSSR count). The first-order valence-electron chi connectivity index (χ1n) is 11.8. The number of aryl methyl sites for hydroxylation is 2. The van der Waals surface area contributed by atoms with Crippen LogP contribution < -0.4 is 0 Å². The van der Waals surface area contributed by atoms with Gasteiger partial charge in [0.05, 0.1) is 0 Å². The Balaban J connectivity index is 2.63. The standard InChI is InChI=1S/C28H42O2S/c1-9-11-13-19-15-23(29)21(27(3,4)5)17-25(19)31-26-18-22(28(6,7)8)24(30)16-20(26)14-12-10-2/h15-18,29-30H,9-14H2,1-8H3. The highest BCUT2D eigenvalue weighted by molar-refractivity contribution is 7.99. The van der Waals surface area contributed by atoms with Gasteiger partial charge < -0.3 is 10.2 Å². The van der Waals surface area contributed by atoms with Crippen LogP contribution in [0.25, 0.3) is 0 Å². The van der Waals surface area contributed by atoms with Gasteiger partial charge in [0.15, 0.2) is 0 Å².